The first-order valence-corrected chi connectivity index (χ1v) is 10.2. The van der Waals surface area contributed by atoms with Crippen LogP contribution in [0, 0.1) is 5.82 Å². The monoisotopic (exact) mass is 371 g/mol. The van der Waals surface area contributed by atoms with Gasteiger partial charge >= 0.3 is 0 Å². The highest BCUT2D eigenvalue weighted by Gasteiger charge is 2.35. The zero-order valence-corrected chi connectivity index (χ0v) is 15.3. The van der Waals surface area contributed by atoms with Crippen LogP contribution >= 0.6 is 0 Å². The van der Waals surface area contributed by atoms with Gasteiger partial charge in [-0.25, -0.2) is 4.39 Å². The number of rotatable bonds is 5. The van der Waals surface area contributed by atoms with Gasteiger partial charge in [0.05, 0.1) is 0 Å². The molecule has 0 radical (unpaired) electrons. The maximum absolute atomic E-state index is 12.9. The Morgan fingerprint density at radius 3 is 2.32 bits per heavy atom. The number of hydrogen-bond acceptors (Lipinski definition) is 4. The number of hydrogen-bond donors (Lipinski definition) is 1. The summed E-state index contributed by atoms with van der Waals surface area (Å²) in [5.74, 6) is 0.323. The first-order chi connectivity index (χ1) is 12.0. The van der Waals surface area contributed by atoms with E-state index in [1.807, 2.05) is 0 Å². The molecule has 2 heterocycles. The largest absolute Gasteiger partial charge is 0.490 e. The summed E-state index contributed by atoms with van der Waals surface area (Å²) in [5.41, 5.74) is 0. The molecule has 0 aliphatic carbocycles. The minimum absolute atomic E-state index is 0.0407. The molecule has 25 heavy (non-hydrogen) atoms. The van der Waals surface area contributed by atoms with Gasteiger partial charge in [-0.15, -0.1) is 0 Å². The Hall–Kier alpha value is -1.22. The van der Waals surface area contributed by atoms with Crippen molar-refractivity contribution in [3.8, 4) is 5.75 Å². The quantitative estimate of drug-likeness (QED) is 0.854. The first kappa shape index (κ1) is 18.6. The van der Waals surface area contributed by atoms with Crippen molar-refractivity contribution >= 4 is 10.2 Å². The summed E-state index contributed by atoms with van der Waals surface area (Å²) in [6.45, 7) is 2.61. The van der Waals surface area contributed by atoms with Gasteiger partial charge in [-0.1, -0.05) is 0 Å². The van der Waals surface area contributed by atoms with Crippen LogP contribution in [0.25, 0.3) is 0 Å². The zero-order chi connectivity index (χ0) is 17.9. The van der Waals surface area contributed by atoms with E-state index in [0.717, 1.165) is 25.9 Å². The van der Waals surface area contributed by atoms with Gasteiger partial charge in [0, 0.05) is 26.2 Å². The second-order valence-corrected chi connectivity index (χ2v) is 8.66. The van der Waals surface area contributed by atoms with Crippen molar-refractivity contribution in [2.24, 2.45) is 0 Å². The van der Waals surface area contributed by atoms with Gasteiger partial charge < -0.3 is 10.1 Å². The lowest BCUT2D eigenvalue weighted by Crippen LogP contribution is -2.52. The molecule has 1 N–H and O–H groups in total. The molecule has 0 amide bonds. The number of piperidine rings is 2. The highest BCUT2D eigenvalue weighted by atomic mass is 32.2. The number of benzene rings is 1. The van der Waals surface area contributed by atoms with E-state index in [9.17, 15) is 12.8 Å². The average Bonchev–Trinajstić information content (AvgIpc) is 2.64. The minimum Gasteiger partial charge on any atom is -0.490 e. The fraction of sp³-hybridized carbons (Fsp3) is 0.647. The van der Waals surface area contributed by atoms with E-state index < -0.39 is 10.2 Å². The van der Waals surface area contributed by atoms with Gasteiger partial charge in [0.2, 0.25) is 0 Å². The topological polar surface area (TPSA) is 61.9 Å². The molecule has 0 aromatic heterocycles. The van der Waals surface area contributed by atoms with Crippen molar-refractivity contribution in [1.29, 1.82) is 0 Å². The van der Waals surface area contributed by atoms with Crippen LogP contribution in [0.15, 0.2) is 24.3 Å². The maximum Gasteiger partial charge on any atom is 0.281 e. The standard InChI is InChI=1S/C17H26FN3O3S/c1-20(15-6-10-19-11-7-15)25(22,23)21-12-8-17(9-13-21)24-16-4-2-14(18)3-5-16/h2-5,15,17,19H,6-13H2,1H3. The second kappa shape index (κ2) is 7.99. The second-order valence-electron chi connectivity index (χ2n) is 6.68. The summed E-state index contributed by atoms with van der Waals surface area (Å²) in [6, 6.07) is 6.00. The summed E-state index contributed by atoms with van der Waals surface area (Å²) in [5, 5.41) is 3.26. The molecule has 2 saturated heterocycles. The number of nitrogens with zero attached hydrogens (tertiary/aromatic N) is 2. The van der Waals surface area contributed by atoms with Gasteiger partial charge in [0.1, 0.15) is 17.7 Å². The third-order valence-electron chi connectivity index (χ3n) is 5.03. The summed E-state index contributed by atoms with van der Waals surface area (Å²) in [7, 11) is -1.74. The Labute approximate surface area is 149 Å². The molecule has 3 rings (SSSR count). The van der Waals surface area contributed by atoms with Crippen LogP contribution in [0.2, 0.25) is 0 Å². The summed E-state index contributed by atoms with van der Waals surface area (Å²) < 4.78 is 47.5. The van der Waals surface area contributed by atoms with Crippen LogP contribution in [0.4, 0.5) is 4.39 Å². The van der Waals surface area contributed by atoms with E-state index in [-0.39, 0.29) is 18.0 Å². The van der Waals surface area contributed by atoms with E-state index in [4.69, 9.17) is 4.74 Å². The molecule has 140 valence electrons. The van der Waals surface area contributed by atoms with Crippen molar-refractivity contribution in [3.05, 3.63) is 30.1 Å². The highest BCUT2D eigenvalue weighted by molar-refractivity contribution is 7.86. The van der Waals surface area contributed by atoms with Crippen molar-refractivity contribution in [2.45, 2.75) is 37.8 Å². The van der Waals surface area contributed by atoms with Gasteiger partial charge in [0.15, 0.2) is 0 Å². The van der Waals surface area contributed by atoms with Crippen LogP contribution in [-0.2, 0) is 10.2 Å². The average molecular weight is 371 g/mol. The lowest BCUT2D eigenvalue weighted by Gasteiger charge is -2.37. The highest BCUT2D eigenvalue weighted by Crippen LogP contribution is 2.23. The van der Waals surface area contributed by atoms with Crippen LogP contribution in [0.3, 0.4) is 0 Å². The summed E-state index contributed by atoms with van der Waals surface area (Å²) >= 11 is 0. The molecule has 8 heteroatoms. The molecule has 0 unspecified atom stereocenters. The Morgan fingerprint density at radius 1 is 1.12 bits per heavy atom. The fourth-order valence-electron chi connectivity index (χ4n) is 3.43. The zero-order valence-electron chi connectivity index (χ0n) is 14.5. The van der Waals surface area contributed by atoms with Crippen molar-refractivity contribution in [3.63, 3.8) is 0 Å². The number of nitrogens with one attached hydrogen (secondary N) is 1. The molecule has 6 nitrogen and oxygen atoms in total. The SMILES string of the molecule is CN(C1CCNCC1)S(=O)(=O)N1CCC(Oc2ccc(F)cc2)CC1. The van der Waals surface area contributed by atoms with Gasteiger partial charge in [0.25, 0.3) is 10.2 Å². The van der Waals surface area contributed by atoms with Gasteiger partial charge in [-0.05, 0) is 63.0 Å². The van der Waals surface area contributed by atoms with Crippen LogP contribution in [0.5, 0.6) is 5.75 Å². The lowest BCUT2D eigenvalue weighted by molar-refractivity contribution is 0.130. The van der Waals surface area contributed by atoms with Gasteiger partial charge in [-0.2, -0.15) is 17.0 Å². The Balaban J connectivity index is 1.54. The minimum atomic E-state index is -3.43. The van der Waals surface area contributed by atoms with E-state index in [1.165, 1.54) is 16.4 Å². The molecular weight excluding hydrogens is 345 g/mol. The van der Waals surface area contributed by atoms with Gasteiger partial charge in [-0.3, -0.25) is 0 Å². The third kappa shape index (κ3) is 4.49. The maximum atomic E-state index is 12.9. The van der Waals surface area contributed by atoms with E-state index in [1.54, 1.807) is 23.5 Å². The smallest absolute Gasteiger partial charge is 0.281 e. The van der Waals surface area contributed by atoms with Crippen molar-refractivity contribution < 1.29 is 17.5 Å². The molecule has 1 aromatic rings. The molecule has 2 aliphatic heterocycles. The van der Waals surface area contributed by atoms with Crippen LogP contribution < -0.4 is 10.1 Å². The predicted molar refractivity (Wildman–Crippen MR) is 94.2 cm³/mol. The lowest BCUT2D eigenvalue weighted by atomic mass is 10.1. The normalized spacial score (nSPS) is 21.6. The molecule has 2 aliphatic rings. The van der Waals surface area contributed by atoms with Crippen LogP contribution in [0.1, 0.15) is 25.7 Å². The molecule has 2 fully saturated rings. The molecule has 1 aromatic carbocycles. The summed E-state index contributed by atoms with van der Waals surface area (Å²) in [4.78, 5) is 0. The molecule has 0 spiro atoms. The Kier molecular flexibility index (Phi) is 5.93. The van der Waals surface area contributed by atoms with Crippen molar-refractivity contribution in [2.75, 3.05) is 33.2 Å². The molecular formula is C17H26FN3O3S. The number of halogens is 1. The third-order valence-corrected chi connectivity index (χ3v) is 7.07. The predicted octanol–water partition coefficient (Wildman–Crippen LogP) is 1.60. The van der Waals surface area contributed by atoms with Crippen LogP contribution in [-0.4, -0.2) is 62.4 Å². The molecule has 0 atom stereocenters. The number of ether oxygens (including phenoxy) is 1. The summed E-state index contributed by atoms with van der Waals surface area (Å²) in [6.07, 6.45) is 2.92. The van der Waals surface area contributed by atoms with Crippen molar-refractivity contribution in [1.82, 2.24) is 13.9 Å². The Morgan fingerprint density at radius 2 is 1.72 bits per heavy atom. The molecule has 0 bridgehead atoms. The fourth-order valence-corrected chi connectivity index (χ4v) is 5.05. The first-order valence-electron chi connectivity index (χ1n) is 8.83. The van der Waals surface area contributed by atoms with E-state index in [2.05, 4.69) is 5.32 Å². The van der Waals surface area contributed by atoms with E-state index >= 15 is 0 Å². The van der Waals surface area contributed by atoms with E-state index in [0.29, 0.717) is 31.7 Å². The Bertz CT molecular complexity index is 654. The molecule has 0 saturated carbocycles.